The molecule has 0 heterocycles. The fraction of sp³-hybridized carbons (Fsp3) is 0.125. The van der Waals surface area contributed by atoms with Crippen LogP contribution in [-0.4, -0.2) is 18.1 Å². The lowest BCUT2D eigenvalue weighted by Crippen LogP contribution is -1.81. The van der Waals surface area contributed by atoms with Gasteiger partial charge in [0.25, 0.3) is 0 Å². The van der Waals surface area contributed by atoms with E-state index in [2.05, 4.69) is 20.9 Å². The highest BCUT2D eigenvalue weighted by Crippen LogP contribution is 2.08. The largest absolute Gasteiger partial charge is 0.375 e. The number of benzene rings is 1. The van der Waals surface area contributed by atoms with Gasteiger partial charge in [-0.2, -0.15) is 0 Å². The molecule has 0 saturated heterocycles. The summed E-state index contributed by atoms with van der Waals surface area (Å²) in [5.41, 5.74) is 0.988. The van der Waals surface area contributed by atoms with Gasteiger partial charge in [-0.3, -0.25) is 4.99 Å². The predicted octanol–water partition coefficient (Wildman–Crippen LogP) is 1.82. The summed E-state index contributed by atoms with van der Waals surface area (Å²) in [6.45, 7) is -0.157. The number of aliphatic hydroxyl groups is 1. The van der Waals surface area contributed by atoms with Crippen molar-refractivity contribution in [1.82, 2.24) is 0 Å². The molecular weight excluding hydrogens is 206 g/mol. The van der Waals surface area contributed by atoms with Crippen LogP contribution in [0.25, 0.3) is 0 Å². The van der Waals surface area contributed by atoms with Gasteiger partial charge in [-0.25, -0.2) is 0 Å². The quantitative estimate of drug-likeness (QED) is 0.748. The van der Waals surface area contributed by atoms with Gasteiger partial charge in [0.15, 0.2) is 0 Å². The van der Waals surface area contributed by atoms with Crippen LogP contribution < -0.4 is 0 Å². The SMILES string of the molecule is OC/N=C\c1ccc(Br)cc1. The Kier molecular flexibility index (Phi) is 3.26. The van der Waals surface area contributed by atoms with Crippen molar-refractivity contribution in [3.63, 3.8) is 0 Å². The lowest BCUT2D eigenvalue weighted by atomic mass is 10.2. The van der Waals surface area contributed by atoms with Gasteiger partial charge in [-0.15, -0.1) is 0 Å². The van der Waals surface area contributed by atoms with Crippen LogP contribution in [0.2, 0.25) is 0 Å². The molecule has 0 spiro atoms. The van der Waals surface area contributed by atoms with Crippen molar-refractivity contribution in [1.29, 1.82) is 0 Å². The van der Waals surface area contributed by atoms with Crippen molar-refractivity contribution in [3.05, 3.63) is 34.3 Å². The first-order valence-corrected chi connectivity index (χ1v) is 3.98. The topological polar surface area (TPSA) is 32.6 Å². The molecule has 0 aromatic heterocycles. The average molecular weight is 214 g/mol. The van der Waals surface area contributed by atoms with Crippen LogP contribution in [0.5, 0.6) is 0 Å². The highest BCUT2D eigenvalue weighted by Gasteiger charge is 1.86. The molecule has 0 aliphatic rings. The van der Waals surface area contributed by atoms with Crippen molar-refractivity contribution < 1.29 is 5.11 Å². The lowest BCUT2D eigenvalue weighted by Gasteiger charge is -1.91. The van der Waals surface area contributed by atoms with Gasteiger partial charge < -0.3 is 5.11 Å². The Morgan fingerprint density at radius 3 is 2.55 bits per heavy atom. The van der Waals surface area contributed by atoms with Crippen molar-refractivity contribution in [2.75, 3.05) is 6.73 Å². The summed E-state index contributed by atoms with van der Waals surface area (Å²) in [5.74, 6) is 0. The summed E-state index contributed by atoms with van der Waals surface area (Å²) in [6, 6.07) is 7.70. The highest BCUT2D eigenvalue weighted by atomic mass is 79.9. The van der Waals surface area contributed by atoms with Gasteiger partial charge in [0.2, 0.25) is 0 Å². The van der Waals surface area contributed by atoms with Crippen LogP contribution in [0.4, 0.5) is 0 Å². The Labute approximate surface area is 73.7 Å². The summed E-state index contributed by atoms with van der Waals surface area (Å²) >= 11 is 3.32. The normalized spacial score (nSPS) is 10.7. The van der Waals surface area contributed by atoms with Crippen LogP contribution in [0.3, 0.4) is 0 Å². The van der Waals surface area contributed by atoms with Crippen molar-refractivity contribution in [2.24, 2.45) is 4.99 Å². The molecule has 0 aliphatic carbocycles. The van der Waals surface area contributed by atoms with Crippen LogP contribution in [0.15, 0.2) is 33.7 Å². The monoisotopic (exact) mass is 213 g/mol. The summed E-state index contributed by atoms with van der Waals surface area (Å²) in [4.78, 5) is 3.69. The van der Waals surface area contributed by atoms with Crippen LogP contribution >= 0.6 is 15.9 Å². The van der Waals surface area contributed by atoms with E-state index in [1.54, 1.807) is 6.21 Å². The third kappa shape index (κ3) is 2.82. The van der Waals surface area contributed by atoms with Gasteiger partial charge in [-0.05, 0) is 17.7 Å². The van der Waals surface area contributed by atoms with Crippen molar-refractivity contribution >= 4 is 22.1 Å². The van der Waals surface area contributed by atoms with Crippen molar-refractivity contribution in [2.45, 2.75) is 0 Å². The molecule has 0 saturated carbocycles. The molecule has 0 atom stereocenters. The average Bonchev–Trinajstić information content (AvgIpc) is 2.04. The molecular formula is C8H8BrNO. The van der Waals surface area contributed by atoms with Crippen LogP contribution in [-0.2, 0) is 0 Å². The smallest absolute Gasteiger partial charge is 0.134 e. The predicted molar refractivity (Wildman–Crippen MR) is 48.8 cm³/mol. The second-order valence-corrected chi connectivity index (χ2v) is 2.92. The molecule has 1 aromatic rings. The van der Waals surface area contributed by atoms with Gasteiger partial charge in [0.1, 0.15) is 6.73 Å². The Morgan fingerprint density at radius 2 is 2.00 bits per heavy atom. The number of rotatable bonds is 2. The second kappa shape index (κ2) is 4.26. The lowest BCUT2D eigenvalue weighted by molar-refractivity contribution is 0.310. The van der Waals surface area contributed by atoms with E-state index >= 15 is 0 Å². The summed E-state index contributed by atoms with van der Waals surface area (Å²) in [5, 5.41) is 8.37. The first-order chi connectivity index (χ1) is 5.33. The molecule has 1 aromatic carbocycles. The summed E-state index contributed by atoms with van der Waals surface area (Å²) in [6.07, 6.45) is 1.63. The summed E-state index contributed by atoms with van der Waals surface area (Å²) < 4.78 is 1.04. The highest BCUT2D eigenvalue weighted by molar-refractivity contribution is 9.10. The minimum absolute atomic E-state index is 0.157. The molecule has 0 radical (unpaired) electrons. The van der Waals surface area contributed by atoms with Gasteiger partial charge >= 0.3 is 0 Å². The Morgan fingerprint density at radius 1 is 1.36 bits per heavy atom. The zero-order valence-corrected chi connectivity index (χ0v) is 7.45. The van der Waals surface area contributed by atoms with E-state index in [1.165, 1.54) is 0 Å². The third-order valence-electron chi connectivity index (χ3n) is 1.19. The standard InChI is InChI=1S/C8H8BrNO/c9-8-3-1-7(2-4-8)5-10-6-11/h1-5,11H,6H2/b10-5-. The van der Waals surface area contributed by atoms with Crippen LogP contribution in [0.1, 0.15) is 5.56 Å². The number of nitrogens with zero attached hydrogens (tertiary/aromatic N) is 1. The van der Waals surface area contributed by atoms with Crippen LogP contribution in [0, 0.1) is 0 Å². The zero-order chi connectivity index (χ0) is 8.10. The maximum Gasteiger partial charge on any atom is 0.134 e. The first kappa shape index (κ1) is 8.43. The van der Waals surface area contributed by atoms with E-state index < -0.39 is 0 Å². The van der Waals surface area contributed by atoms with Gasteiger partial charge in [-0.1, -0.05) is 28.1 Å². The first-order valence-electron chi connectivity index (χ1n) is 3.19. The van der Waals surface area contributed by atoms with E-state index in [0.29, 0.717) is 0 Å². The van der Waals surface area contributed by atoms with E-state index in [1.807, 2.05) is 24.3 Å². The van der Waals surface area contributed by atoms with Gasteiger partial charge in [0, 0.05) is 10.7 Å². The molecule has 58 valence electrons. The summed E-state index contributed by atoms with van der Waals surface area (Å²) in [7, 11) is 0. The molecule has 1 N–H and O–H groups in total. The van der Waals surface area contributed by atoms with E-state index in [-0.39, 0.29) is 6.73 Å². The fourth-order valence-corrected chi connectivity index (χ4v) is 0.959. The molecule has 0 amide bonds. The molecule has 2 nitrogen and oxygen atoms in total. The van der Waals surface area contributed by atoms with E-state index in [9.17, 15) is 0 Å². The molecule has 3 heteroatoms. The number of aliphatic hydroxyl groups excluding tert-OH is 1. The van der Waals surface area contributed by atoms with E-state index in [0.717, 1.165) is 10.0 Å². The molecule has 11 heavy (non-hydrogen) atoms. The fourth-order valence-electron chi connectivity index (χ4n) is 0.695. The second-order valence-electron chi connectivity index (χ2n) is 2.00. The zero-order valence-electron chi connectivity index (χ0n) is 5.87. The molecule has 0 fully saturated rings. The number of hydrogen-bond donors (Lipinski definition) is 1. The Bertz CT molecular complexity index is 243. The molecule has 1 rings (SSSR count). The maximum absolute atomic E-state index is 8.37. The van der Waals surface area contributed by atoms with E-state index in [4.69, 9.17) is 5.11 Å². The van der Waals surface area contributed by atoms with Crippen molar-refractivity contribution in [3.8, 4) is 0 Å². The molecule has 0 unspecified atom stereocenters. The molecule has 0 aliphatic heterocycles. The van der Waals surface area contributed by atoms with Gasteiger partial charge in [0.05, 0.1) is 0 Å². The molecule has 0 bridgehead atoms. The Hall–Kier alpha value is -0.670. The number of halogens is 1. The number of aliphatic imine (C=N–C) groups is 1. The minimum Gasteiger partial charge on any atom is -0.375 e. The Balaban J connectivity index is 2.73. The number of hydrogen-bond acceptors (Lipinski definition) is 2. The maximum atomic E-state index is 8.37. The minimum atomic E-state index is -0.157. The third-order valence-corrected chi connectivity index (χ3v) is 1.72.